The normalized spacial score (nSPS) is 18.8. The van der Waals surface area contributed by atoms with Gasteiger partial charge in [-0.2, -0.15) is 0 Å². The van der Waals surface area contributed by atoms with E-state index < -0.39 is 0 Å². The summed E-state index contributed by atoms with van der Waals surface area (Å²) in [5.74, 6) is 0.545. The summed E-state index contributed by atoms with van der Waals surface area (Å²) in [6.07, 6.45) is 0.681. The maximum Gasteiger partial charge on any atom is 0.225 e. The Hall–Kier alpha value is -2.67. The molecule has 1 aliphatic rings. The number of carbonyl (C=O) groups is 2. The van der Waals surface area contributed by atoms with Crippen LogP contribution in [-0.4, -0.2) is 60.5 Å². The number of carbonyl (C=O) groups excluding carboxylic acids is 2. The quantitative estimate of drug-likeness (QED) is 0.755. The molecule has 1 aromatic carbocycles. The van der Waals surface area contributed by atoms with E-state index in [1.165, 1.54) is 5.56 Å². The van der Waals surface area contributed by atoms with E-state index in [1.54, 1.807) is 11.8 Å². The predicted octanol–water partition coefficient (Wildman–Crippen LogP) is 2.27. The number of amides is 2. The molecule has 0 saturated carbocycles. The predicted molar refractivity (Wildman–Crippen MR) is 115 cm³/mol. The molecule has 1 aliphatic heterocycles. The van der Waals surface area contributed by atoms with Gasteiger partial charge in [-0.15, -0.1) is 0 Å². The number of hydrogen-bond acceptors (Lipinski definition) is 5. The lowest BCUT2D eigenvalue weighted by atomic mass is 9.88. The fourth-order valence-electron chi connectivity index (χ4n) is 4.20. The van der Waals surface area contributed by atoms with Crippen LogP contribution in [0.2, 0.25) is 0 Å². The van der Waals surface area contributed by atoms with Crippen molar-refractivity contribution in [3.8, 4) is 0 Å². The summed E-state index contributed by atoms with van der Waals surface area (Å²) in [5, 5.41) is 7.02. The molecule has 0 spiro atoms. The smallest absolute Gasteiger partial charge is 0.225 e. The van der Waals surface area contributed by atoms with Gasteiger partial charge in [-0.3, -0.25) is 9.59 Å². The molecule has 1 saturated heterocycles. The third-order valence-corrected chi connectivity index (χ3v) is 5.86. The summed E-state index contributed by atoms with van der Waals surface area (Å²) < 4.78 is 5.19. The molecule has 30 heavy (non-hydrogen) atoms. The SMILES string of the molecule is CC(=O)N1C[C@H](C(=O)NCCc2c(C)noc2C)[C@@H](c2ccc(CN(C)C)cc2)C1. The summed E-state index contributed by atoms with van der Waals surface area (Å²) in [7, 11) is 4.08. The van der Waals surface area contributed by atoms with E-state index in [0.717, 1.165) is 29.1 Å². The van der Waals surface area contributed by atoms with Crippen LogP contribution >= 0.6 is 0 Å². The van der Waals surface area contributed by atoms with Crippen LogP contribution < -0.4 is 5.32 Å². The minimum atomic E-state index is -0.252. The zero-order valence-electron chi connectivity index (χ0n) is 18.6. The summed E-state index contributed by atoms with van der Waals surface area (Å²) in [5.41, 5.74) is 4.24. The van der Waals surface area contributed by atoms with Gasteiger partial charge in [0.1, 0.15) is 5.76 Å². The molecule has 7 nitrogen and oxygen atoms in total. The number of nitrogens with one attached hydrogen (secondary N) is 1. The zero-order valence-corrected chi connectivity index (χ0v) is 18.6. The Bertz CT molecular complexity index is 869. The lowest BCUT2D eigenvalue weighted by Gasteiger charge is -2.19. The van der Waals surface area contributed by atoms with E-state index in [4.69, 9.17) is 4.52 Å². The maximum atomic E-state index is 13.0. The number of aromatic nitrogens is 1. The molecule has 1 aromatic heterocycles. The molecule has 2 heterocycles. The number of rotatable bonds is 7. The average Bonchev–Trinajstić information content (AvgIpc) is 3.27. The Balaban J connectivity index is 1.68. The van der Waals surface area contributed by atoms with Crippen LogP contribution in [0.4, 0.5) is 0 Å². The van der Waals surface area contributed by atoms with Gasteiger partial charge in [-0.25, -0.2) is 0 Å². The molecule has 1 N–H and O–H groups in total. The monoisotopic (exact) mass is 412 g/mol. The van der Waals surface area contributed by atoms with Crippen molar-refractivity contribution in [3.63, 3.8) is 0 Å². The van der Waals surface area contributed by atoms with Crippen LogP contribution in [0.3, 0.4) is 0 Å². The van der Waals surface area contributed by atoms with Crippen molar-refractivity contribution in [1.82, 2.24) is 20.3 Å². The van der Waals surface area contributed by atoms with E-state index in [0.29, 0.717) is 26.1 Å². The van der Waals surface area contributed by atoms with Crippen LogP contribution in [0.1, 0.15) is 41.0 Å². The van der Waals surface area contributed by atoms with Gasteiger partial charge in [0.15, 0.2) is 0 Å². The Labute approximate surface area is 178 Å². The van der Waals surface area contributed by atoms with Gasteiger partial charge in [0.05, 0.1) is 11.6 Å². The molecule has 1 fully saturated rings. The van der Waals surface area contributed by atoms with Crippen LogP contribution in [-0.2, 0) is 22.6 Å². The van der Waals surface area contributed by atoms with E-state index in [-0.39, 0.29) is 23.7 Å². The van der Waals surface area contributed by atoms with Crippen molar-refractivity contribution >= 4 is 11.8 Å². The van der Waals surface area contributed by atoms with E-state index in [1.807, 2.05) is 27.9 Å². The first-order valence-corrected chi connectivity index (χ1v) is 10.4. The van der Waals surface area contributed by atoms with Gasteiger partial charge in [-0.05, 0) is 45.5 Å². The second-order valence-corrected chi connectivity index (χ2v) is 8.46. The molecule has 162 valence electrons. The molecule has 0 bridgehead atoms. The third-order valence-electron chi connectivity index (χ3n) is 5.86. The minimum absolute atomic E-state index is 0.00127. The van der Waals surface area contributed by atoms with Crippen molar-refractivity contribution < 1.29 is 14.1 Å². The lowest BCUT2D eigenvalue weighted by Crippen LogP contribution is -2.36. The van der Waals surface area contributed by atoms with Crippen LogP contribution in [0, 0.1) is 19.8 Å². The van der Waals surface area contributed by atoms with Crippen LogP contribution in [0.5, 0.6) is 0 Å². The average molecular weight is 413 g/mol. The van der Waals surface area contributed by atoms with Gasteiger partial charge in [0.25, 0.3) is 0 Å². The Morgan fingerprint density at radius 2 is 1.90 bits per heavy atom. The van der Waals surface area contributed by atoms with Crippen molar-refractivity contribution in [3.05, 3.63) is 52.4 Å². The highest BCUT2D eigenvalue weighted by Crippen LogP contribution is 2.33. The fourth-order valence-corrected chi connectivity index (χ4v) is 4.20. The second-order valence-electron chi connectivity index (χ2n) is 8.46. The summed E-state index contributed by atoms with van der Waals surface area (Å²) in [4.78, 5) is 28.9. The van der Waals surface area contributed by atoms with Crippen molar-refractivity contribution in [2.45, 2.75) is 39.7 Å². The first kappa shape index (κ1) is 22.0. The number of hydrogen-bond donors (Lipinski definition) is 1. The summed E-state index contributed by atoms with van der Waals surface area (Å²) in [6.45, 7) is 7.78. The second kappa shape index (κ2) is 9.43. The summed E-state index contributed by atoms with van der Waals surface area (Å²) in [6, 6.07) is 8.41. The molecule has 2 aromatic rings. The molecule has 0 radical (unpaired) electrons. The maximum absolute atomic E-state index is 13.0. The highest BCUT2D eigenvalue weighted by atomic mass is 16.5. The highest BCUT2D eigenvalue weighted by Gasteiger charge is 2.39. The van der Waals surface area contributed by atoms with E-state index >= 15 is 0 Å². The Morgan fingerprint density at radius 3 is 2.47 bits per heavy atom. The molecule has 3 rings (SSSR count). The molecule has 7 heteroatoms. The van der Waals surface area contributed by atoms with Gasteiger partial charge in [0, 0.05) is 44.6 Å². The minimum Gasteiger partial charge on any atom is -0.361 e. The molecule has 2 atom stereocenters. The van der Waals surface area contributed by atoms with Gasteiger partial charge in [0.2, 0.25) is 11.8 Å². The van der Waals surface area contributed by atoms with Crippen molar-refractivity contribution in [1.29, 1.82) is 0 Å². The first-order valence-electron chi connectivity index (χ1n) is 10.4. The van der Waals surface area contributed by atoms with Gasteiger partial charge < -0.3 is 19.6 Å². The van der Waals surface area contributed by atoms with Gasteiger partial charge in [-0.1, -0.05) is 29.4 Å². The lowest BCUT2D eigenvalue weighted by molar-refractivity contribution is -0.128. The van der Waals surface area contributed by atoms with E-state index in [9.17, 15) is 9.59 Å². The standard InChI is InChI=1S/C23H32N4O3/c1-15-20(16(2)30-25-15)10-11-24-23(29)22-14-27(17(3)28)13-21(22)19-8-6-18(7-9-19)12-26(4)5/h6-9,21-22H,10-14H2,1-5H3,(H,24,29)/t21-,22+/m1/s1. The van der Waals surface area contributed by atoms with Crippen molar-refractivity contribution in [2.24, 2.45) is 5.92 Å². The highest BCUT2D eigenvalue weighted by molar-refractivity contribution is 5.82. The fraction of sp³-hybridized carbons (Fsp3) is 0.522. The number of benzene rings is 1. The van der Waals surface area contributed by atoms with Gasteiger partial charge >= 0.3 is 0 Å². The number of nitrogens with zero attached hydrogens (tertiary/aromatic N) is 3. The largest absolute Gasteiger partial charge is 0.361 e. The summed E-state index contributed by atoms with van der Waals surface area (Å²) >= 11 is 0. The number of likely N-dealkylation sites (tertiary alicyclic amines) is 1. The Kier molecular flexibility index (Phi) is 6.92. The van der Waals surface area contributed by atoms with Crippen molar-refractivity contribution in [2.75, 3.05) is 33.7 Å². The molecular formula is C23H32N4O3. The topological polar surface area (TPSA) is 78.7 Å². The third kappa shape index (κ3) is 5.08. The zero-order chi connectivity index (χ0) is 21.8. The molecular weight excluding hydrogens is 380 g/mol. The van der Waals surface area contributed by atoms with Crippen LogP contribution in [0.25, 0.3) is 0 Å². The molecule has 0 aliphatic carbocycles. The van der Waals surface area contributed by atoms with E-state index in [2.05, 4.69) is 39.6 Å². The molecule has 0 unspecified atom stereocenters. The number of aryl methyl sites for hydroxylation is 2. The molecule has 2 amide bonds. The Morgan fingerprint density at radius 1 is 1.20 bits per heavy atom. The first-order chi connectivity index (χ1) is 14.3. The van der Waals surface area contributed by atoms with Crippen LogP contribution in [0.15, 0.2) is 28.8 Å².